The van der Waals surface area contributed by atoms with Gasteiger partial charge in [0.2, 0.25) is 0 Å². The normalized spacial score (nSPS) is 27.7. The summed E-state index contributed by atoms with van der Waals surface area (Å²) in [6.45, 7) is 5.99. The summed E-state index contributed by atoms with van der Waals surface area (Å²) < 4.78 is 45.0. The Labute approximate surface area is 321 Å². The van der Waals surface area contributed by atoms with E-state index in [4.69, 9.17) is 33.2 Å². The maximum atomic E-state index is 13.5. The molecule has 2 aliphatic heterocycles. The van der Waals surface area contributed by atoms with Crippen LogP contribution in [0.5, 0.6) is 0 Å². The highest BCUT2D eigenvalue weighted by Crippen LogP contribution is 2.37. The van der Waals surface area contributed by atoms with Gasteiger partial charge < -0.3 is 33.2 Å². The van der Waals surface area contributed by atoms with Crippen LogP contribution in [0.2, 0.25) is 0 Å². The molecule has 2 fully saturated rings. The standard InChI is InChI=1S/C43H47N3O9/c1-4-34-39(40(50-26-31-19-11-6-12-20-31)38(29(3)52-34)54-42(48)33-23-15-8-16-24-33)55-43-36(45-46-44)37(49-25-30-17-9-5-10-18-30)28(2)35(53-43)27-51-41(47)32-21-13-7-14-22-32/h5-24,28-29,34-40,43H,4,25-27H2,1-3H3/t28?,29?,34-,35?,36-,37-,38?,39+,40?,43?/m0/s1. The zero-order chi connectivity index (χ0) is 38.6. The van der Waals surface area contributed by atoms with E-state index >= 15 is 0 Å². The summed E-state index contributed by atoms with van der Waals surface area (Å²) in [6.07, 6.45) is -5.81. The SMILES string of the molecule is CC[C@@H]1OC(C)C(OC(=O)c2ccccc2)C(OCc2ccccc2)[C@@H]1OC1OC(COC(=O)c2ccccc2)C(C)[C@H](OCc2ccccc2)[C@@H]1N=[N+]=[N-]. The third-order valence-corrected chi connectivity index (χ3v) is 9.99. The largest absolute Gasteiger partial charge is 0.459 e. The summed E-state index contributed by atoms with van der Waals surface area (Å²) in [5, 5.41) is 4.17. The van der Waals surface area contributed by atoms with Gasteiger partial charge in [-0.2, -0.15) is 0 Å². The van der Waals surface area contributed by atoms with Crippen LogP contribution in [0.3, 0.4) is 0 Å². The van der Waals surface area contributed by atoms with Crippen molar-refractivity contribution in [2.24, 2.45) is 11.0 Å². The molecule has 4 aromatic rings. The molecule has 0 amide bonds. The lowest BCUT2D eigenvalue weighted by Crippen LogP contribution is -2.63. The molecule has 288 valence electrons. The molecule has 6 unspecified atom stereocenters. The maximum absolute atomic E-state index is 13.5. The zero-order valence-electron chi connectivity index (χ0n) is 31.2. The average Bonchev–Trinajstić information content (AvgIpc) is 3.23. The molecular formula is C43H47N3O9. The van der Waals surface area contributed by atoms with Crippen molar-refractivity contribution in [2.75, 3.05) is 6.61 Å². The van der Waals surface area contributed by atoms with Crippen LogP contribution in [0.4, 0.5) is 0 Å². The minimum atomic E-state index is -1.20. The number of nitrogens with zero attached hydrogens (tertiary/aromatic N) is 3. The number of hydrogen-bond donors (Lipinski definition) is 0. The van der Waals surface area contributed by atoms with Gasteiger partial charge in [-0.3, -0.25) is 0 Å². The van der Waals surface area contributed by atoms with Gasteiger partial charge in [0.15, 0.2) is 12.4 Å². The van der Waals surface area contributed by atoms with E-state index in [0.29, 0.717) is 17.5 Å². The summed E-state index contributed by atoms with van der Waals surface area (Å²) in [4.78, 5) is 29.7. The molecule has 10 atom stereocenters. The number of hydrogen-bond acceptors (Lipinski definition) is 10. The van der Waals surface area contributed by atoms with Gasteiger partial charge >= 0.3 is 11.9 Å². The topological polar surface area (TPSA) is 148 Å². The fourth-order valence-electron chi connectivity index (χ4n) is 7.00. The number of benzene rings is 4. The first-order chi connectivity index (χ1) is 26.9. The third kappa shape index (κ3) is 10.2. The van der Waals surface area contributed by atoms with Gasteiger partial charge in [0.25, 0.3) is 0 Å². The van der Waals surface area contributed by atoms with E-state index in [2.05, 4.69) is 10.0 Å². The number of azide groups is 1. The molecule has 0 bridgehead atoms. The molecule has 0 spiro atoms. The van der Waals surface area contributed by atoms with Crippen LogP contribution in [0.25, 0.3) is 10.4 Å². The fraction of sp³-hybridized carbons (Fsp3) is 0.395. The molecule has 2 heterocycles. The average molecular weight is 750 g/mol. The van der Waals surface area contributed by atoms with Gasteiger partial charge in [-0.05, 0) is 54.3 Å². The Hall–Kier alpha value is -5.07. The molecule has 2 aliphatic rings. The molecule has 0 aromatic heterocycles. The summed E-state index contributed by atoms with van der Waals surface area (Å²) >= 11 is 0. The van der Waals surface area contributed by atoms with Crippen LogP contribution in [-0.2, 0) is 46.4 Å². The highest BCUT2D eigenvalue weighted by atomic mass is 16.7. The highest BCUT2D eigenvalue weighted by Gasteiger charge is 2.52. The van der Waals surface area contributed by atoms with Crippen LogP contribution in [-0.4, -0.2) is 73.6 Å². The van der Waals surface area contributed by atoms with Gasteiger partial charge in [0.1, 0.15) is 24.9 Å². The second-order valence-electron chi connectivity index (χ2n) is 13.7. The number of carbonyl (C=O) groups is 2. The van der Waals surface area contributed by atoms with Crippen molar-refractivity contribution < 1.29 is 42.7 Å². The highest BCUT2D eigenvalue weighted by molar-refractivity contribution is 5.89. The van der Waals surface area contributed by atoms with Gasteiger partial charge in [-0.15, -0.1) is 0 Å². The van der Waals surface area contributed by atoms with Gasteiger partial charge in [0.05, 0.1) is 48.8 Å². The maximum Gasteiger partial charge on any atom is 0.338 e. The van der Waals surface area contributed by atoms with Crippen molar-refractivity contribution in [2.45, 2.75) is 95.5 Å². The lowest BCUT2D eigenvalue weighted by molar-refractivity contribution is -0.318. The second-order valence-corrected chi connectivity index (χ2v) is 13.7. The van der Waals surface area contributed by atoms with Crippen molar-refractivity contribution in [1.29, 1.82) is 0 Å². The van der Waals surface area contributed by atoms with Gasteiger partial charge in [-0.1, -0.05) is 116 Å². The molecule has 6 rings (SSSR count). The van der Waals surface area contributed by atoms with Crippen molar-refractivity contribution >= 4 is 11.9 Å². The Morgan fingerprint density at radius 2 is 1.20 bits per heavy atom. The molecule has 0 radical (unpaired) electrons. The number of esters is 2. The molecule has 2 saturated heterocycles. The molecule has 0 saturated carbocycles. The predicted molar refractivity (Wildman–Crippen MR) is 203 cm³/mol. The van der Waals surface area contributed by atoms with Gasteiger partial charge in [-0.25, -0.2) is 9.59 Å². The molecule has 12 nitrogen and oxygen atoms in total. The summed E-state index contributed by atoms with van der Waals surface area (Å²) in [6, 6.07) is 35.7. The van der Waals surface area contributed by atoms with Crippen molar-refractivity contribution in [3.63, 3.8) is 0 Å². The Kier molecular flexibility index (Phi) is 14.0. The first-order valence-electron chi connectivity index (χ1n) is 18.7. The molecule has 0 aliphatic carbocycles. The Balaban J connectivity index is 1.32. The number of carbonyl (C=O) groups excluding carboxylic acids is 2. The number of ether oxygens (including phenoxy) is 7. The molecule has 55 heavy (non-hydrogen) atoms. The van der Waals surface area contributed by atoms with Crippen LogP contribution < -0.4 is 0 Å². The fourth-order valence-corrected chi connectivity index (χ4v) is 7.00. The first-order valence-corrected chi connectivity index (χ1v) is 18.7. The van der Waals surface area contributed by atoms with E-state index < -0.39 is 72.9 Å². The van der Waals surface area contributed by atoms with Crippen LogP contribution in [0, 0.1) is 5.92 Å². The lowest BCUT2D eigenvalue weighted by atomic mass is 9.88. The molecule has 12 heteroatoms. The van der Waals surface area contributed by atoms with Crippen molar-refractivity contribution in [3.8, 4) is 0 Å². The smallest absolute Gasteiger partial charge is 0.338 e. The van der Waals surface area contributed by atoms with E-state index in [1.807, 2.05) is 93.6 Å². The Morgan fingerprint density at radius 1 is 0.673 bits per heavy atom. The monoisotopic (exact) mass is 749 g/mol. The molecular weight excluding hydrogens is 702 g/mol. The zero-order valence-corrected chi connectivity index (χ0v) is 31.2. The first kappa shape index (κ1) is 39.6. The summed E-state index contributed by atoms with van der Waals surface area (Å²) in [7, 11) is 0. The minimum Gasteiger partial charge on any atom is -0.459 e. The van der Waals surface area contributed by atoms with Gasteiger partial charge in [0, 0.05) is 10.8 Å². The lowest BCUT2D eigenvalue weighted by Gasteiger charge is -2.49. The van der Waals surface area contributed by atoms with E-state index in [-0.39, 0.29) is 19.8 Å². The van der Waals surface area contributed by atoms with E-state index in [1.165, 1.54) is 0 Å². The van der Waals surface area contributed by atoms with Crippen molar-refractivity contribution in [1.82, 2.24) is 0 Å². The quantitative estimate of drug-likeness (QED) is 0.0513. The molecule has 4 aromatic carbocycles. The second kappa shape index (κ2) is 19.5. The number of rotatable bonds is 15. The summed E-state index contributed by atoms with van der Waals surface area (Å²) in [5.74, 6) is -1.45. The van der Waals surface area contributed by atoms with E-state index in [1.54, 1.807) is 48.5 Å². The van der Waals surface area contributed by atoms with Crippen LogP contribution in [0.15, 0.2) is 126 Å². The Bertz CT molecular complexity index is 1850. The molecule has 0 N–H and O–H groups in total. The van der Waals surface area contributed by atoms with E-state index in [0.717, 1.165) is 11.1 Å². The summed E-state index contributed by atoms with van der Waals surface area (Å²) in [5.41, 5.74) is 12.5. The predicted octanol–water partition coefficient (Wildman–Crippen LogP) is 7.86. The Morgan fingerprint density at radius 3 is 1.75 bits per heavy atom. The van der Waals surface area contributed by atoms with Crippen LogP contribution in [0.1, 0.15) is 59.0 Å². The van der Waals surface area contributed by atoms with Crippen molar-refractivity contribution in [3.05, 3.63) is 154 Å². The minimum absolute atomic E-state index is 0.121. The van der Waals surface area contributed by atoms with E-state index in [9.17, 15) is 15.1 Å². The van der Waals surface area contributed by atoms with Crippen LogP contribution >= 0.6 is 0 Å². The third-order valence-electron chi connectivity index (χ3n) is 9.99.